The van der Waals surface area contributed by atoms with Crippen LogP contribution in [0.5, 0.6) is 0 Å². The van der Waals surface area contributed by atoms with Gasteiger partial charge in [0.25, 0.3) is 0 Å². The number of fused-ring (bicyclic) bond motifs is 11. The molecule has 0 spiro atoms. The summed E-state index contributed by atoms with van der Waals surface area (Å²) >= 11 is 0. The topological polar surface area (TPSA) is 132 Å². The third kappa shape index (κ3) is 21.0. The Balaban J connectivity index is 0.000000139. The van der Waals surface area contributed by atoms with Gasteiger partial charge in [-0.25, -0.2) is 9.55 Å². The zero-order chi connectivity index (χ0) is 87.5. The maximum absolute atomic E-state index is 10.8. The normalized spacial score (nSPS) is 12.6. The molecule has 0 saturated carbocycles. The molecule has 0 radical (unpaired) electrons. The van der Waals surface area contributed by atoms with Gasteiger partial charge in [0.1, 0.15) is 58.0 Å². The second-order valence-electron chi connectivity index (χ2n) is 35.2. The fraction of sp³-hybridized carbons (Fsp3) is 0.298. The van der Waals surface area contributed by atoms with Crippen LogP contribution in [0, 0.1) is 6.92 Å². The van der Waals surface area contributed by atoms with Gasteiger partial charge in [0, 0.05) is 67.7 Å². The lowest BCUT2D eigenvalue weighted by Gasteiger charge is -2.33. The Labute approximate surface area is 757 Å². The Kier molecular flexibility index (Phi) is 31.7. The highest BCUT2D eigenvalue weighted by molar-refractivity contribution is 6.11. The number of halogens is 1. The first-order valence-electron chi connectivity index (χ1n) is 46.0. The van der Waals surface area contributed by atoms with E-state index in [0.717, 1.165) is 117 Å². The molecule has 12 heteroatoms. The number of benzene rings is 12. The minimum Gasteiger partial charge on any atom is -1.00 e. The second kappa shape index (κ2) is 43.7. The van der Waals surface area contributed by atoms with Crippen molar-refractivity contribution in [3.63, 3.8) is 0 Å². The minimum atomic E-state index is -0.0703. The number of para-hydroxylation sites is 15. The van der Waals surface area contributed by atoms with Crippen molar-refractivity contribution in [2.24, 2.45) is 0 Å². The van der Waals surface area contributed by atoms with E-state index in [0.29, 0.717) is 40.7 Å². The van der Waals surface area contributed by atoms with E-state index in [1.54, 1.807) is 6.07 Å². The fourth-order valence-corrected chi connectivity index (χ4v) is 17.8. The van der Waals surface area contributed by atoms with Crippen LogP contribution in [0.4, 0.5) is 34.1 Å². The van der Waals surface area contributed by atoms with Crippen molar-refractivity contribution in [3.05, 3.63) is 337 Å². The molecule has 11 nitrogen and oxygen atoms in total. The number of nitrogen functional groups attached to an aromatic ring is 1. The van der Waals surface area contributed by atoms with Crippen molar-refractivity contribution in [1.82, 2.24) is 9.55 Å². The van der Waals surface area contributed by atoms with E-state index in [2.05, 4.69) is 315 Å². The number of imidazole rings is 1. The van der Waals surface area contributed by atoms with Crippen molar-refractivity contribution >= 4 is 117 Å². The third-order valence-electron chi connectivity index (χ3n) is 24.4. The summed E-state index contributed by atoms with van der Waals surface area (Å²) in [7, 11) is 0. The van der Waals surface area contributed by atoms with E-state index < -0.39 is 0 Å². The first-order valence-corrected chi connectivity index (χ1v) is 46.0. The number of hydrogen-bond acceptors (Lipinski definition) is 9. The number of anilines is 6. The fourth-order valence-electron chi connectivity index (χ4n) is 17.8. The van der Waals surface area contributed by atoms with Crippen LogP contribution in [0.3, 0.4) is 0 Å². The molecule has 648 valence electrons. The number of aryl methyl sites for hydroxylation is 1. The SMILES string of the molecule is CC(C)c1cccc(C(C)C)c1-n1c(-c2cccc3c2oc2ccccc23)nc2ccccc21.CC(C)c1cccc(C(C)C)c1N1c2ccccc2NC1c1cccc2c1oc1ccccc12.CCCCCCCCCCCCCCCC[n+]1ccccc1.O=Cc1cccc2c1oc1ccccc12.[Br-].[CH2+]C(C)c1cccc(C(C)C)c1Nc1ccccc1N. The summed E-state index contributed by atoms with van der Waals surface area (Å²) in [5, 5.41) is 14.0. The number of hydrogen-bond donors (Lipinski definition) is 3. The highest BCUT2D eigenvalue weighted by atomic mass is 79.9. The van der Waals surface area contributed by atoms with E-state index >= 15 is 0 Å². The molecular formula is C114H127BrN7O4+. The average molecular weight is 1740 g/mol. The second-order valence-corrected chi connectivity index (χ2v) is 35.2. The van der Waals surface area contributed by atoms with Crippen molar-refractivity contribution in [2.45, 2.75) is 221 Å². The molecule has 0 amide bonds. The third-order valence-corrected chi connectivity index (χ3v) is 24.4. The lowest BCUT2D eigenvalue weighted by atomic mass is 9.91. The van der Waals surface area contributed by atoms with Crippen LogP contribution in [0.25, 0.3) is 93.9 Å². The summed E-state index contributed by atoms with van der Waals surface area (Å²) < 4.78 is 23.2. The molecular weight excluding hydrogens is 1610 g/mol. The number of carbonyl (C=O) groups excluding carboxylic acids is 1. The molecule has 0 saturated heterocycles. The van der Waals surface area contributed by atoms with Crippen molar-refractivity contribution in [3.8, 4) is 17.1 Å². The molecule has 1 aliphatic rings. The zero-order valence-corrected chi connectivity index (χ0v) is 77.5. The van der Waals surface area contributed by atoms with Crippen LogP contribution >= 0.6 is 0 Å². The number of unbranched alkanes of at least 4 members (excludes halogenated alkanes) is 13. The Morgan fingerprint density at radius 1 is 0.437 bits per heavy atom. The molecule has 1 aliphatic heterocycles. The molecule has 18 rings (SSSR count). The van der Waals surface area contributed by atoms with E-state index in [9.17, 15) is 4.79 Å². The van der Waals surface area contributed by atoms with Gasteiger partial charge in [-0.2, -0.15) is 0 Å². The molecule has 0 aliphatic carbocycles. The van der Waals surface area contributed by atoms with Crippen LogP contribution < -0.4 is 42.8 Å². The van der Waals surface area contributed by atoms with Crippen LogP contribution in [-0.4, -0.2) is 15.8 Å². The lowest BCUT2D eigenvalue weighted by molar-refractivity contribution is -0.697. The van der Waals surface area contributed by atoms with E-state index in [4.69, 9.17) is 24.0 Å². The standard InChI is InChI=1S/C31H30N2O.C31H28N2O.C21H38N.C18H23N2.C13H8O2.BrH/c2*1-19(2)21-12-9-13-22(20(3)4)29(21)33-27-17-7-6-16-26(27)32-31(33)25-15-10-14-24-23-11-5-8-18-28(23)34-30(24)25;1-2-3-4-5-6-7-8-9-10-11-12-13-14-16-19-22-20-17-15-18-21-22;1-12(2)14-8-7-9-15(13(3)4)18(14)20-17-11-6-5-10-16(17)19;14-8-9-4-3-6-11-10-5-1-2-7-12(10)15-13(9)11;/h5-20,31-32H,1-4H3;5-20H,1-4H3;15,17-18,20-21H,2-14,16,19H2,1H3;5-13,20H,1,19H2,2-4H3;1-8H;1H/q;;2*+1;;/p-1. The van der Waals surface area contributed by atoms with Gasteiger partial charge in [-0.15, -0.1) is 0 Å². The molecule has 126 heavy (non-hydrogen) atoms. The Bertz CT molecular complexity index is 6340. The molecule has 4 N–H and O–H groups in total. The molecule has 5 aromatic heterocycles. The first-order chi connectivity index (χ1) is 60.9. The number of nitrogens with one attached hydrogen (secondary N) is 2. The largest absolute Gasteiger partial charge is 1.00 e. The lowest BCUT2D eigenvalue weighted by Crippen LogP contribution is -3.00. The molecule has 17 aromatic rings. The summed E-state index contributed by atoms with van der Waals surface area (Å²) in [5.74, 6) is 3.16. The molecule has 12 aromatic carbocycles. The number of furan rings is 3. The highest BCUT2D eigenvalue weighted by Gasteiger charge is 2.37. The number of nitrogens with two attached hydrogens (primary N) is 1. The van der Waals surface area contributed by atoms with Gasteiger partial charge in [0.15, 0.2) is 18.7 Å². The van der Waals surface area contributed by atoms with E-state index in [-0.39, 0.29) is 29.1 Å². The monoisotopic (exact) mass is 1740 g/mol. The summed E-state index contributed by atoms with van der Waals surface area (Å²) in [5.41, 5.74) is 31.7. The van der Waals surface area contributed by atoms with Gasteiger partial charge in [-0.3, -0.25) is 9.36 Å². The molecule has 0 bridgehead atoms. The highest BCUT2D eigenvalue weighted by Crippen LogP contribution is 2.52. The zero-order valence-electron chi connectivity index (χ0n) is 75.9. The first kappa shape index (κ1) is 91.6. The smallest absolute Gasteiger partial charge is 0.168 e. The predicted molar refractivity (Wildman–Crippen MR) is 530 cm³/mol. The number of aromatic nitrogens is 3. The number of aldehydes is 1. The summed E-state index contributed by atoms with van der Waals surface area (Å²) in [6, 6.07) is 93.9. The summed E-state index contributed by atoms with van der Waals surface area (Å²) in [4.78, 5) is 18.5. The van der Waals surface area contributed by atoms with Crippen LogP contribution in [0.1, 0.15) is 264 Å². The predicted octanol–water partition coefficient (Wildman–Crippen LogP) is 29.9. The maximum atomic E-state index is 10.8. The molecule has 2 atom stereocenters. The van der Waals surface area contributed by atoms with Crippen molar-refractivity contribution in [1.29, 1.82) is 0 Å². The number of carbonyl (C=O) groups is 1. The number of rotatable bonds is 28. The molecule has 2 unspecified atom stereocenters. The van der Waals surface area contributed by atoms with E-state index in [1.165, 1.54) is 147 Å². The van der Waals surface area contributed by atoms with Gasteiger partial charge in [-0.05, 0) is 137 Å². The summed E-state index contributed by atoms with van der Waals surface area (Å²) in [6.07, 6.45) is 25.2. The van der Waals surface area contributed by atoms with Gasteiger partial charge in [0.2, 0.25) is 0 Å². The Morgan fingerprint density at radius 3 is 1.43 bits per heavy atom. The van der Waals surface area contributed by atoms with Crippen LogP contribution in [-0.2, 0) is 6.54 Å². The van der Waals surface area contributed by atoms with Crippen LogP contribution in [0.2, 0.25) is 0 Å². The number of nitrogens with zero attached hydrogens (tertiary/aromatic N) is 4. The Hall–Kier alpha value is -12.1. The maximum Gasteiger partial charge on any atom is 0.168 e. The summed E-state index contributed by atoms with van der Waals surface area (Å²) in [6.45, 7) is 32.3. The molecule has 6 heterocycles. The van der Waals surface area contributed by atoms with Crippen molar-refractivity contribution < 1.29 is 39.6 Å². The van der Waals surface area contributed by atoms with Gasteiger partial charge in [0.05, 0.1) is 63.2 Å². The minimum absolute atomic E-state index is 0. The van der Waals surface area contributed by atoms with Crippen LogP contribution in [0.15, 0.2) is 299 Å². The van der Waals surface area contributed by atoms with Gasteiger partial charge >= 0.3 is 0 Å². The average Bonchev–Trinajstić information content (AvgIpc) is 1.58. The van der Waals surface area contributed by atoms with Gasteiger partial charge in [-0.1, -0.05) is 347 Å². The van der Waals surface area contributed by atoms with E-state index in [1.807, 2.05) is 78.9 Å². The number of pyridine rings is 1. The quantitative estimate of drug-likeness (QED) is 0.0144. The van der Waals surface area contributed by atoms with Gasteiger partial charge < -0.3 is 51.5 Å². The van der Waals surface area contributed by atoms with Crippen molar-refractivity contribution in [2.75, 3.05) is 21.3 Å². The Morgan fingerprint density at radius 2 is 0.873 bits per heavy atom. The molecule has 0 fully saturated rings.